The third-order valence-corrected chi connectivity index (χ3v) is 4.75. The Morgan fingerprint density at radius 1 is 1.04 bits per heavy atom. The molecule has 0 aromatic heterocycles. The second kappa shape index (κ2) is 16.4. The Bertz CT molecular complexity index is 485. The number of carbonyl (C=O) groups is 1. The lowest BCUT2D eigenvalue weighted by molar-refractivity contribution is -0.122. The second-order valence-corrected chi connectivity index (χ2v) is 6.57. The van der Waals surface area contributed by atoms with Crippen molar-refractivity contribution >= 4 is 43.1 Å². The van der Waals surface area contributed by atoms with Gasteiger partial charge in [-0.05, 0) is 37.9 Å². The quantitative estimate of drug-likeness (QED) is 0.578. The number of hydrogen-bond donors (Lipinski definition) is 2. The van der Waals surface area contributed by atoms with Gasteiger partial charge >= 0.3 is 0 Å². The Labute approximate surface area is 182 Å². The second-order valence-electron chi connectivity index (χ2n) is 6.57. The number of likely N-dealkylation sites (N-methyl/N-ethyl adjacent to an activating group) is 1. The highest BCUT2D eigenvalue weighted by Crippen LogP contribution is 2.04. The number of nitrogens with zero attached hydrogens (tertiary/aromatic N) is 2. The number of unbranched alkanes of at least 4 members (excludes halogenated alkanes) is 1. The molecule has 5 nitrogen and oxygen atoms in total. The number of hydrogen-bond acceptors (Lipinski definition) is 4. The number of rotatable bonds is 9. The minimum atomic E-state index is -0.463. The van der Waals surface area contributed by atoms with Crippen molar-refractivity contribution in [1.82, 2.24) is 15.1 Å². The lowest BCUT2D eigenvalue weighted by atomic mass is 10.1. The molecular formula is C19H35Cl3N4O. The van der Waals surface area contributed by atoms with Gasteiger partial charge in [0.1, 0.15) is 0 Å². The Morgan fingerprint density at radius 2 is 1.63 bits per heavy atom. The zero-order valence-electron chi connectivity index (χ0n) is 16.1. The van der Waals surface area contributed by atoms with E-state index in [-0.39, 0.29) is 43.1 Å². The first-order valence-corrected chi connectivity index (χ1v) is 9.21. The van der Waals surface area contributed by atoms with Gasteiger partial charge in [0.15, 0.2) is 0 Å². The molecule has 27 heavy (non-hydrogen) atoms. The van der Waals surface area contributed by atoms with Crippen LogP contribution in [0.15, 0.2) is 30.3 Å². The maximum Gasteiger partial charge on any atom is 0.237 e. The maximum absolute atomic E-state index is 12.0. The van der Waals surface area contributed by atoms with Gasteiger partial charge in [0.2, 0.25) is 5.91 Å². The minimum Gasteiger partial charge on any atom is -0.355 e. The monoisotopic (exact) mass is 440 g/mol. The van der Waals surface area contributed by atoms with Crippen LogP contribution in [0.4, 0.5) is 0 Å². The summed E-state index contributed by atoms with van der Waals surface area (Å²) in [6, 6.07) is 9.46. The van der Waals surface area contributed by atoms with Crippen LogP contribution in [-0.4, -0.2) is 67.6 Å². The molecule has 1 aromatic carbocycles. The lowest BCUT2D eigenvalue weighted by Gasteiger charge is -2.33. The number of nitrogens with two attached hydrogens (primary N) is 1. The number of amides is 1. The van der Waals surface area contributed by atoms with E-state index >= 15 is 0 Å². The van der Waals surface area contributed by atoms with Crippen LogP contribution in [0.2, 0.25) is 0 Å². The highest BCUT2D eigenvalue weighted by atomic mass is 35.5. The molecule has 1 fully saturated rings. The Hall–Kier alpha value is -0.560. The molecule has 8 heteroatoms. The predicted molar refractivity (Wildman–Crippen MR) is 121 cm³/mol. The van der Waals surface area contributed by atoms with E-state index in [0.717, 1.165) is 38.0 Å². The van der Waals surface area contributed by atoms with E-state index in [2.05, 4.69) is 22.0 Å². The molecule has 158 valence electrons. The maximum atomic E-state index is 12.0. The van der Waals surface area contributed by atoms with Gasteiger partial charge in [-0.3, -0.25) is 4.79 Å². The number of nitrogens with one attached hydrogen (secondary N) is 1. The molecular weight excluding hydrogens is 407 g/mol. The van der Waals surface area contributed by atoms with Crippen molar-refractivity contribution in [3.05, 3.63) is 35.9 Å². The normalized spacial score (nSPS) is 15.6. The number of benzene rings is 1. The van der Waals surface area contributed by atoms with Gasteiger partial charge in [0.05, 0.1) is 6.04 Å². The summed E-state index contributed by atoms with van der Waals surface area (Å²) in [4.78, 5) is 17.0. The van der Waals surface area contributed by atoms with Crippen LogP contribution in [0.25, 0.3) is 0 Å². The van der Waals surface area contributed by atoms with E-state index in [1.54, 1.807) is 0 Å². The smallest absolute Gasteiger partial charge is 0.237 e. The van der Waals surface area contributed by atoms with Crippen LogP contribution in [0, 0.1) is 0 Å². The molecule has 1 aliphatic rings. The first-order chi connectivity index (χ1) is 11.7. The zero-order chi connectivity index (χ0) is 17.2. The van der Waals surface area contributed by atoms with Gasteiger partial charge in [0.25, 0.3) is 0 Å². The molecule has 0 aliphatic carbocycles. The Balaban J connectivity index is 0. The van der Waals surface area contributed by atoms with Gasteiger partial charge in [0, 0.05) is 32.7 Å². The predicted octanol–water partition coefficient (Wildman–Crippen LogP) is 2.36. The summed E-state index contributed by atoms with van der Waals surface area (Å²) in [5.41, 5.74) is 7.09. The summed E-state index contributed by atoms with van der Waals surface area (Å²) >= 11 is 0. The molecule has 3 N–H and O–H groups in total. The summed E-state index contributed by atoms with van der Waals surface area (Å²) in [7, 11) is 0. The molecule has 0 spiro atoms. The van der Waals surface area contributed by atoms with Gasteiger partial charge in [-0.2, -0.15) is 0 Å². The van der Waals surface area contributed by atoms with E-state index < -0.39 is 6.04 Å². The average molecular weight is 442 g/mol. The molecule has 1 aromatic rings. The van der Waals surface area contributed by atoms with Crippen molar-refractivity contribution in [3.8, 4) is 0 Å². The molecule has 1 amide bonds. The van der Waals surface area contributed by atoms with Crippen molar-refractivity contribution in [3.63, 3.8) is 0 Å². The van der Waals surface area contributed by atoms with Crippen molar-refractivity contribution in [1.29, 1.82) is 0 Å². The Morgan fingerprint density at radius 3 is 2.22 bits per heavy atom. The number of piperazine rings is 1. The molecule has 1 atom stereocenters. The number of halogens is 3. The van der Waals surface area contributed by atoms with Crippen molar-refractivity contribution in [2.45, 2.75) is 32.2 Å². The molecule has 1 heterocycles. The van der Waals surface area contributed by atoms with Gasteiger partial charge < -0.3 is 20.9 Å². The van der Waals surface area contributed by atoms with E-state index in [4.69, 9.17) is 5.73 Å². The molecule has 1 saturated heterocycles. The average Bonchev–Trinajstić information content (AvgIpc) is 2.62. The fraction of sp³-hybridized carbons (Fsp3) is 0.632. The molecule has 2 rings (SSSR count). The summed E-state index contributed by atoms with van der Waals surface area (Å²) in [5.74, 6) is -0.0459. The summed E-state index contributed by atoms with van der Waals surface area (Å²) in [6.45, 7) is 9.93. The fourth-order valence-electron chi connectivity index (χ4n) is 3.09. The lowest BCUT2D eigenvalue weighted by Crippen LogP contribution is -2.46. The molecule has 0 radical (unpaired) electrons. The van der Waals surface area contributed by atoms with Crippen LogP contribution >= 0.6 is 37.2 Å². The van der Waals surface area contributed by atoms with E-state index in [1.165, 1.54) is 26.2 Å². The third kappa shape index (κ3) is 11.1. The minimum absolute atomic E-state index is 0. The van der Waals surface area contributed by atoms with Crippen LogP contribution in [-0.2, 0) is 11.2 Å². The van der Waals surface area contributed by atoms with Crippen molar-refractivity contribution < 1.29 is 4.79 Å². The van der Waals surface area contributed by atoms with Gasteiger partial charge in [-0.1, -0.05) is 37.3 Å². The van der Waals surface area contributed by atoms with Gasteiger partial charge in [-0.15, -0.1) is 37.2 Å². The van der Waals surface area contributed by atoms with E-state index in [9.17, 15) is 4.79 Å². The fourth-order valence-corrected chi connectivity index (χ4v) is 3.09. The highest BCUT2D eigenvalue weighted by Gasteiger charge is 2.15. The molecule has 0 saturated carbocycles. The number of carbonyl (C=O) groups excluding carboxylic acids is 1. The summed E-state index contributed by atoms with van der Waals surface area (Å²) < 4.78 is 0. The molecule has 1 unspecified atom stereocenters. The van der Waals surface area contributed by atoms with Crippen LogP contribution in [0.3, 0.4) is 0 Å². The SMILES string of the molecule is CCN1CCN(CCCCNC(=O)C(N)Cc2ccccc2)CC1.Cl.Cl.Cl. The van der Waals surface area contributed by atoms with Crippen molar-refractivity contribution in [2.24, 2.45) is 5.73 Å². The van der Waals surface area contributed by atoms with Crippen LogP contribution < -0.4 is 11.1 Å². The summed E-state index contributed by atoms with van der Waals surface area (Å²) in [6.07, 6.45) is 2.73. The first-order valence-electron chi connectivity index (χ1n) is 9.21. The topological polar surface area (TPSA) is 61.6 Å². The zero-order valence-corrected chi connectivity index (χ0v) is 18.6. The Kier molecular flexibility index (Phi) is 17.4. The van der Waals surface area contributed by atoms with E-state index in [0.29, 0.717) is 6.42 Å². The molecule has 1 aliphatic heterocycles. The van der Waals surface area contributed by atoms with E-state index in [1.807, 2.05) is 30.3 Å². The van der Waals surface area contributed by atoms with Crippen molar-refractivity contribution in [2.75, 3.05) is 45.8 Å². The highest BCUT2D eigenvalue weighted by molar-refractivity contribution is 5.86. The first kappa shape index (κ1) is 28.6. The molecule has 0 bridgehead atoms. The standard InChI is InChI=1S/C19H32N4O.3ClH/c1-2-22-12-14-23(15-13-22)11-7-6-10-21-19(24)18(20)16-17-8-4-3-5-9-17;;;/h3-5,8-9,18H,2,6-7,10-16,20H2,1H3,(H,21,24);3*1H. The van der Waals surface area contributed by atoms with Crippen LogP contribution in [0.5, 0.6) is 0 Å². The van der Waals surface area contributed by atoms with Gasteiger partial charge in [-0.25, -0.2) is 0 Å². The largest absolute Gasteiger partial charge is 0.355 e. The van der Waals surface area contributed by atoms with Crippen LogP contribution in [0.1, 0.15) is 25.3 Å². The third-order valence-electron chi connectivity index (χ3n) is 4.75. The summed E-state index contributed by atoms with van der Waals surface area (Å²) in [5, 5.41) is 2.97.